The summed E-state index contributed by atoms with van der Waals surface area (Å²) in [5.41, 5.74) is -0.826. The summed E-state index contributed by atoms with van der Waals surface area (Å²) in [6.45, 7) is 7.47. The van der Waals surface area contributed by atoms with Crippen molar-refractivity contribution in [2.24, 2.45) is 0 Å². The van der Waals surface area contributed by atoms with Crippen LogP contribution in [-0.4, -0.2) is 34.3 Å². The molecule has 1 heterocycles. The van der Waals surface area contributed by atoms with Crippen molar-refractivity contribution in [2.45, 2.75) is 64.6 Å². The minimum absolute atomic E-state index is 0.0683. The lowest BCUT2D eigenvalue weighted by atomic mass is 9.89. The van der Waals surface area contributed by atoms with E-state index in [9.17, 15) is 9.59 Å². The Labute approximate surface area is 109 Å². The van der Waals surface area contributed by atoms with Gasteiger partial charge in [-0.2, -0.15) is 0 Å². The fourth-order valence-corrected chi connectivity index (χ4v) is 2.34. The van der Waals surface area contributed by atoms with Gasteiger partial charge in [-0.3, -0.25) is 9.59 Å². The van der Waals surface area contributed by atoms with Crippen molar-refractivity contribution in [2.75, 3.05) is 0 Å². The SMILES string of the molecule is C#CC(CC)N1C(=O)C(C)(CC)NC(=O)C1CC. The molecule has 1 saturated heterocycles. The number of nitrogens with one attached hydrogen (secondary N) is 1. The van der Waals surface area contributed by atoms with Gasteiger partial charge in [-0.25, -0.2) is 0 Å². The van der Waals surface area contributed by atoms with E-state index in [0.29, 0.717) is 19.3 Å². The molecule has 0 spiro atoms. The van der Waals surface area contributed by atoms with Gasteiger partial charge in [0.15, 0.2) is 0 Å². The van der Waals surface area contributed by atoms with Gasteiger partial charge in [0.1, 0.15) is 11.6 Å². The molecule has 1 N–H and O–H groups in total. The van der Waals surface area contributed by atoms with E-state index in [1.165, 1.54) is 0 Å². The van der Waals surface area contributed by atoms with Crippen LogP contribution in [0.2, 0.25) is 0 Å². The van der Waals surface area contributed by atoms with E-state index in [1.807, 2.05) is 20.8 Å². The number of amides is 2. The second-order valence-electron chi connectivity index (χ2n) is 4.90. The molecule has 0 bridgehead atoms. The summed E-state index contributed by atoms with van der Waals surface area (Å²) >= 11 is 0. The van der Waals surface area contributed by atoms with Crippen LogP contribution in [0.15, 0.2) is 0 Å². The van der Waals surface area contributed by atoms with Crippen molar-refractivity contribution in [3.05, 3.63) is 0 Å². The van der Waals surface area contributed by atoms with E-state index in [0.717, 1.165) is 0 Å². The van der Waals surface area contributed by atoms with Crippen LogP contribution in [0.5, 0.6) is 0 Å². The molecule has 4 heteroatoms. The van der Waals surface area contributed by atoms with Crippen molar-refractivity contribution < 1.29 is 9.59 Å². The minimum Gasteiger partial charge on any atom is -0.340 e. The van der Waals surface area contributed by atoms with Gasteiger partial charge in [-0.1, -0.05) is 26.7 Å². The van der Waals surface area contributed by atoms with Crippen LogP contribution in [-0.2, 0) is 9.59 Å². The number of carbonyl (C=O) groups excluding carboxylic acids is 2. The number of rotatable bonds is 4. The molecule has 2 amide bonds. The fourth-order valence-electron chi connectivity index (χ4n) is 2.34. The van der Waals surface area contributed by atoms with Gasteiger partial charge >= 0.3 is 0 Å². The topological polar surface area (TPSA) is 49.4 Å². The van der Waals surface area contributed by atoms with Crippen LogP contribution in [0.4, 0.5) is 0 Å². The van der Waals surface area contributed by atoms with Crippen LogP contribution in [0.3, 0.4) is 0 Å². The highest BCUT2D eigenvalue weighted by Crippen LogP contribution is 2.25. The van der Waals surface area contributed by atoms with E-state index >= 15 is 0 Å². The maximum Gasteiger partial charge on any atom is 0.249 e. The second kappa shape index (κ2) is 5.43. The molecule has 0 aromatic heterocycles. The molecule has 1 aliphatic rings. The van der Waals surface area contributed by atoms with Gasteiger partial charge < -0.3 is 10.2 Å². The molecule has 3 atom stereocenters. The molecule has 1 fully saturated rings. The summed E-state index contributed by atoms with van der Waals surface area (Å²) in [5.74, 6) is 2.45. The molecule has 0 aromatic carbocycles. The zero-order chi connectivity index (χ0) is 13.9. The van der Waals surface area contributed by atoms with Crippen molar-refractivity contribution in [1.29, 1.82) is 0 Å². The molecular formula is C14H22N2O2. The van der Waals surface area contributed by atoms with E-state index in [2.05, 4.69) is 11.2 Å². The Kier molecular flexibility index (Phi) is 4.39. The number of hydrogen-bond acceptors (Lipinski definition) is 2. The molecular weight excluding hydrogens is 228 g/mol. The number of nitrogens with zero attached hydrogens (tertiary/aromatic N) is 1. The Morgan fingerprint density at radius 2 is 2.06 bits per heavy atom. The zero-order valence-corrected chi connectivity index (χ0v) is 11.6. The molecule has 0 saturated carbocycles. The van der Waals surface area contributed by atoms with Crippen molar-refractivity contribution in [3.8, 4) is 12.3 Å². The van der Waals surface area contributed by atoms with Gasteiger partial charge in [-0.05, 0) is 26.2 Å². The van der Waals surface area contributed by atoms with Crippen LogP contribution < -0.4 is 5.32 Å². The maximum atomic E-state index is 12.6. The predicted octanol–water partition coefficient (Wildman–Crippen LogP) is 1.30. The number of hydrogen-bond donors (Lipinski definition) is 1. The van der Waals surface area contributed by atoms with Crippen molar-refractivity contribution in [1.82, 2.24) is 10.2 Å². The normalized spacial score (nSPS) is 29.7. The minimum atomic E-state index is -0.826. The lowest BCUT2D eigenvalue weighted by Crippen LogP contribution is -2.70. The summed E-state index contributed by atoms with van der Waals surface area (Å²) in [6.07, 6.45) is 7.29. The van der Waals surface area contributed by atoms with E-state index in [4.69, 9.17) is 6.42 Å². The molecule has 0 aliphatic carbocycles. The number of terminal acetylenes is 1. The third-order valence-electron chi connectivity index (χ3n) is 3.75. The van der Waals surface area contributed by atoms with Gasteiger partial charge in [0, 0.05) is 0 Å². The molecule has 100 valence electrons. The van der Waals surface area contributed by atoms with Crippen molar-refractivity contribution in [3.63, 3.8) is 0 Å². The Morgan fingerprint density at radius 1 is 1.44 bits per heavy atom. The Balaban J connectivity index is 3.18. The molecule has 0 radical (unpaired) electrons. The molecule has 4 nitrogen and oxygen atoms in total. The van der Waals surface area contributed by atoms with E-state index in [-0.39, 0.29) is 17.9 Å². The van der Waals surface area contributed by atoms with Gasteiger partial charge in [0.25, 0.3) is 0 Å². The Morgan fingerprint density at radius 3 is 2.44 bits per heavy atom. The summed E-state index contributed by atoms with van der Waals surface area (Å²) < 4.78 is 0. The number of carbonyl (C=O) groups is 2. The first kappa shape index (κ1) is 14.6. The summed E-state index contributed by atoms with van der Waals surface area (Å²) in [5, 5.41) is 2.83. The predicted molar refractivity (Wildman–Crippen MR) is 70.7 cm³/mol. The lowest BCUT2D eigenvalue weighted by molar-refractivity contribution is -0.156. The summed E-state index contributed by atoms with van der Waals surface area (Å²) in [7, 11) is 0. The Hall–Kier alpha value is -1.50. The van der Waals surface area contributed by atoms with Crippen LogP contribution in [0, 0.1) is 12.3 Å². The zero-order valence-electron chi connectivity index (χ0n) is 11.6. The Bertz CT molecular complexity index is 386. The van der Waals surface area contributed by atoms with Crippen LogP contribution >= 0.6 is 0 Å². The largest absolute Gasteiger partial charge is 0.340 e. The van der Waals surface area contributed by atoms with Crippen molar-refractivity contribution >= 4 is 11.8 Å². The highest BCUT2D eigenvalue weighted by molar-refractivity contribution is 5.99. The van der Waals surface area contributed by atoms with Gasteiger partial charge in [0.05, 0.1) is 6.04 Å². The average molecular weight is 250 g/mol. The average Bonchev–Trinajstić information content (AvgIpc) is 2.36. The third-order valence-corrected chi connectivity index (χ3v) is 3.75. The highest BCUT2D eigenvalue weighted by atomic mass is 16.2. The smallest absolute Gasteiger partial charge is 0.249 e. The first-order chi connectivity index (χ1) is 8.45. The lowest BCUT2D eigenvalue weighted by Gasteiger charge is -2.46. The monoisotopic (exact) mass is 250 g/mol. The van der Waals surface area contributed by atoms with Crippen LogP contribution in [0.1, 0.15) is 47.0 Å². The fraction of sp³-hybridized carbons (Fsp3) is 0.714. The third kappa shape index (κ3) is 2.22. The van der Waals surface area contributed by atoms with E-state index in [1.54, 1.807) is 11.8 Å². The first-order valence-electron chi connectivity index (χ1n) is 6.56. The second-order valence-corrected chi connectivity index (χ2v) is 4.90. The summed E-state index contributed by atoms with van der Waals surface area (Å²) in [4.78, 5) is 26.3. The summed E-state index contributed by atoms with van der Waals surface area (Å²) in [6, 6.07) is -0.752. The molecule has 1 rings (SSSR count). The quantitative estimate of drug-likeness (QED) is 0.765. The van der Waals surface area contributed by atoms with E-state index < -0.39 is 11.6 Å². The molecule has 0 aromatic rings. The molecule has 18 heavy (non-hydrogen) atoms. The molecule has 3 unspecified atom stereocenters. The van der Waals surface area contributed by atoms with Gasteiger partial charge in [0.2, 0.25) is 11.8 Å². The molecule has 1 aliphatic heterocycles. The highest BCUT2D eigenvalue weighted by Gasteiger charge is 2.48. The van der Waals surface area contributed by atoms with Crippen LogP contribution in [0.25, 0.3) is 0 Å². The maximum absolute atomic E-state index is 12.6. The number of piperazine rings is 1. The standard InChI is InChI=1S/C14H22N2O2/c1-6-10(7-2)16-11(8-3)12(17)15-14(5,9-4)13(16)18/h1,10-11H,7-9H2,2-5H3,(H,15,17). The first-order valence-corrected chi connectivity index (χ1v) is 6.56. The van der Waals surface area contributed by atoms with Gasteiger partial charge in [-0.15, -0.1) is 6.42 Å².